The molecule has 0 bridgehead atoms. The first-order chi connectivity index (χ1) is 9.63. The standard InChI is InChI=1S/C16H17N3O/c1-11-3-4-13(9-12(11)2)15-5-6-16(18-17-15)19-8-7-14(20)10-19/h3-6,9H,7-8,10H2,1-2H3. The number of hydrogen-bond donors (Lipinski definition) is 0. The molecule has 2 heterocycles. The maximum absolute atomic E-state index is 11.3. The van der Waals surface area contributed by atoms with Crippen LogP contribution in [-0.4, -0.2) is 29.1 Å². The van der Waals surface area contributed by atoms with Gasteiger partial charge in [0.2, 0.25) is 0 Å². The van der Waals surface area contributed by atoms with Gasteiger partial charge in [0.15, 0.2) is 11.6 Å². The first-order valence-corrected chi connectivity index (χ1v) is 6.81. The van der Waals surface area contributed by atoms with Gasteiger partial charge in [-0.2, -0.15) is 0 Å². The number of hydrogen-bond acceptors (Lipinski definition) is 4. The van der Waals surface area contributed by atoms with Gasteiger partial charge in [-0.3, -0.25) is 4.79 Å². The van der Waals surface area contributed by atoms with Crippen LogP contribution in [0.1, 0.15) is 17.5 Å². The minimum Gasteiger partial charge on any atom is -0.347 e. The second-order valence-electron chi connectivity index (χ2n) is 5.29. The summed E-state index contributed by atoms with van der Waals surface area (Å²) in [4.78, 5) is 13.3. The fourth-order valence-corrected chi connectivity index (χ4v) is 2.37. The number of anilines is 1. The smallest absolute Gasteiger partial charge is 0.153 e. The quantitative estimate of drug-likeness (QED) is 0.839. The van der Waals surface area contributed by atoms with Crippen molar-refractivity contribution in [2.24, 2.45) is 0 Å². The van der Waals surface area contributed by atoms with Gasteiger partial charge in [-0.15, -0.1) is 10.2 Å². The van der Waals surface area contributed by atoms with Crippen LogP contribution in [0.5, 0.6) is 0 Å². The van der Waals surface area contributed by atoms with Gasteiger partial charge in [0.1, 0.15) is 0 Å². The van der Waals surface area contributed by atoms with Crippen molar-refractivity contribution in [2.75, 3.05) is 18.0 Å². The minimum atomic E-state index is 0.269. The van der Waals surface area contributed by atoms with Crippen LogP contribution >= 0.6 is 0 Å². The van der Waals surface area contributed by atoms with Crippen molar-refractivity contribution in [3.05, 3.63) is 41.5 Å². The van der Waals surface area contributed by atoms with E-state index in [0.29, 0.717) is 13.0 Å². The third kappa shape index (κ3) is 2.41. The van der Waals surface area contributed by atoms with Gasteiger partial charge in [0, 0.05) is 18.5 Å². The normalized spacial score (nSPS) is 14.9. The van der Waals surface area contributed by atoms with Crippen molar-refractivity contribution < 1.29 is 4.79 Å². The molecule has 4 heteroatoms. The van der Waals surface area contributed by atoms with E-state index in [1.807, 2.05) is 17.0 Å². The molecule has 0 aliphatic carbocycles. The number of carbonyl (C=O) groups excluding carboxylic acids is 1. The van der Waals surface area contributed by atoms with Gasteiger partial charge in [-0.1, -0.05) is 12.1 Å². The van der Waals surface area contributed by atoms with E-state index in [1.165, 1.54) is 11.1 Å². The Morgan fingerprint density at radius 2 is 1.90 bits per heavy atom. The molecule has 3 rings (SSSR count). The fourth-order valence-electron chi connectivity index (χ4n) is 2.37. The van der Waals surface area contributed by atoms with Crippen molar-refractivity contribution in [1.82, 2.24) is 10.2 Å². The lowest BCUT2D eigenvalue weighted by Crippen LogP contribution is -2.21. The van der Waals surface area contributed by atoms with Crippen LogP contribution in [0.25, 0.3) is 11.3 Å². The van der Waals surface area contributed by atoms with E-state index < -0.39 is 0 Å². The van der Waals surface area contributed by atoms with Gasteiger partial charge in [-0.05, 0) is 43.2 Å². The lowest BCUT2D eigenvalue weighted by molar-refractivity contribution is -0.116. The molecule has 0 radical (unpaired) electrons. The van der Waals surface area contributed by atoms with Crippen LogP contribution in [0, 0.1) is 13.8 Å². The molecule has 1 fully saturated rings. The lowest BCUT2D eigenvalue weighted by Gasteiger charge is -2.14. The molecule has 102 valence electrons. The van der Waals surface area contributed by atoms with E-state index in [9.17, 15) is 4.79 Å². The summed E-state index contributed by atoms with van der Waals surface area (Å²) < 4.78 is 0. The zero-order chi connectivity index (χ0) is 14.1. The Balaban J connectivity index is 1.85. The third-order valence-corrected chi connectivity index (χ3v) is 3.80. The molecule has 1 aromatic carbocycles. The van der Waals surface area contributed by atoms with E-state index in [0.717, 1.165) is 23.6 Å². The molecule has 0 unspecified atom stereocenters. The highest BCUT2D eigenvalue weighted by Gasteiger charge is 2.20. The van der Waals surface area contributed by atoms with Crippen LogP contribution in [0.15, 0.2) is 30.3 Å². The van der Waals surface area contributed by atoms with Crippen molar-refractivity contribution in [2.45, 2.75) is 20.3 Å². The van der Waals surface area contributed by atoms with E-state index in [-0.39, 0.29) is 5.78 Å². The Labute approximate surface area is 118 Å². The molecule has 0 saturated carbocycles. The summed E-state index contributed by atoms with van der Waals surface area (Å²) in [6.45, 7) is 5.39. The lowest BCUT2D eigenvalue weighted by atomic mass is 10.0. The SMILES string of the molecule is Cc1ccc(-c2ccc(N3CCC(=O)C3)nn2)cc1C. The largest absolute Gasteiger partial charge is 0.347 e. The highest BCUT2D eigenvalue weighted by atomic mass is 16.1. The molecular formula is C16H17N3O. The number of carbonyl (C=O) groups is 1. The van der Waals surface area contributed by atoms with Gasteiger partial charge in [-0.25, -0.2) is 0 Å². The Morgan fingerprint density at radius 1 is 1.05 bits per heavy atom. The molecule has 1 saturated heterocycles. The van der Waals surface area contributed by atoms with Crippen LogP contribution in [0.2, 0.25) is 0 Å². The summed E-state index contributed by atoms with van der Waals surface area (Å²) >= 11 is 0. The average Bonchev–Trinajstić information content (AvgIpc) is 2.89. The minimum absolute atomic E-state index is 0.269. The van der Waals surface area contributed by atoms with Crippen molar-refractivity contribution in [3.63, 3.8) is 0 Å². The Kier molecular flexibility index (Phi) is 3.22. The number of aryl methyl sites for hydroxylation is 2. The van der Waals surface area contributed by atoms with Crippen LogP contribution < -0.4 is 4.90 Å². The fraction of sp³-hybridized carbons (Fsp3) is 0.312. The van der Waals surface area contributed by atoms with Crippen molar-refractivity contribution >= 4 is 11.6 Å². The van der Waals surface area contributed by atoms with E-state index in [4.69, 9.17) is 0 Å². The highest BCUT2D eigenvalue weighted by Crippen LogP contribution is 2.22. The zero-order valence-corrected chi connectivity index (χ0v) is 11.8. The third-order valence-electron chi connectivity index (χ3n) is 3.80. The average molecular weight is 267 g/mol. The predicted octanol–water partition coefficient (Wildman–Crippen LogP) is 2.54. The summed E-state index contributed by atoms with van der Waals surface area (Å²) in [6, 6.07) is 10.2. The molecular weight excluding hydrogens is 250 g/mol. The molecule has 0 N–H and O–H groups in total. The molecule has 1 aromatic heterocycles. The first-order valence-electron chi connectivity index (χ1n) is 6.81. The van der Waals surface area contributed by atoms with Gasteiger partial charge in [0.05, 0.1) is 12.2 Å². The molecule has 0 spiro atoms. The maximum atomic E-state index is 11.3. The van der Waals surface area contributed by atoms with Gasteiger partial charge in [0.25, 0.3) is 0 Å². The van der Waals surface area contributed by atoms with Crippen molar-refractivity contribution in [3.8, 4) is 11.3 Å². The first kappa shape index (κ1) is 12.8. The summed E-state index contributed by atoms with van der Waals surface area (Å²) in [5.41, 5.74) is 4.46. The van der Waals surface area contributed by atoms with E-state index >= 15 is 0 Å². The monoisotopic (exact) mass is 267 g/mol. The summed E-state index contributed by atoms with van der Waals surface area (Å²) in [6.07, 6.45) is 0.612. The molecule has 20 heavy (non-hydrogen) atoms. The number of aromatic nitrogens is 2. The summed E-state index contributed by atoms with van der Waals surface area (Å²) in [5, 5.41) is 8.53. The van der Waals surface area contributed by atoms with Gasteiger partial charge >= 0.3 is 0 Å². The van der Waals surface area contributed by atoms with Crippen molar-refractivity contribution in [1.29, 1.82) is 0 Å². The number of Topliss-reactive ketones (excluding diaryl/α,β-unsaturated/α-hetero) is 1. The molecule has 0 atom stereocenters. The molecule has 1 aliphatic rings. The number of benzene rings is 1. The maximum Gasteiger partial charge on any atom is 0.153 e. The topological polar surface area (TPSA) is 46.1 Å². The molecule has 1 aliphatic heterocycles. The Hall–Kier alpha value is -2.23. The van der Waals surface area contributed by atoms with Crippen LogP contribution in [-0.2, 0) is 4.79 Å². The molecule has 2 aromatic rings. The second kappa shape index (κ2) is 5.04. The second-order valence-corrected chi connectivity index (χ2v) is 5.29. The number of rotatable bonds is 2. The zero-order valence-electron chi connectivity index (χ0n) is 11.8. The number of ketones is 1. The van der Waals surface area contributed by atoms with E-state index in [2.05, 4.69) is 42.2 Å². The Bertz CT molecular complexity index is 649. The Morgan fingerprint density at radius 3 is 2.50 bits per heavy atom. The van der Waals surface area contributed by atoms with Crippen LogP contribution in [0.4, 0.5) is 5.82 Å². The predicted molar refractivity (Wildman–Crippen MR) is 78.8 cm³/mol. The highest BCUT2D eigenvalue weighted by molar-refractivity contribution is 5.86. The van der Waals surface area contributed by atoms with Crippen LogP contribution in [0.3, 0.4) is 0 Å². The van der Waals surface area contributed by atoms with Gasteiger partial charge < -0.3 is 4.90 Å². The summed E-state index contributed by atoms with van der Waals surface area (Å²) in [5.74, 6) is 1.05. The van der Waals surface area contributed by atoms with E-state index in [1.54, 1.807) is 0 Å². The molecule has 4 nitrogen and oxygen atoms in total. The summed E-state index contributed by atoms with van der Waals surface area (Å²) in [7, 11) is 0. The number of nitrogens with zero attached hydrogens (tertiary/aromatic N) is 3. The molecule has 0 amide bonds.